The summed E-state index contributed by atoms with van der Waals surface area (Å²) < 4.78 is 0. The van der Waals surface area contributed by atoms with Crippen molar-refractivity contribution in [1.82, 2.24) is 15.2 Å². The van der Waals surface area contributed by atoms with E-state index in [1.54, 1.807) is 18.2 Å². The van der Waals surface area contributed by atoms with E-state index in [2.05, 4.69) is 34.4 Å². The largest absolute Gasteiger partial charge is 0.384 e. The summed E-state index contributed by atoms with van der Waals surface area (Å²) in [6, 6.07) is 15.4. The molecule has 0 atom stereocenters. The number of hydrogen-bond acceptors (Lipinski definition) is 4. The Kier molecular flexibility index (Phi) is 8.08. The number of halogens is 1. The van der Waals surface area contributed by atoms with E-state index < -0.39 is 0 Å². The van der Waals surface area contributed by atoms with Crippen molar-refractivity contribution in [3.8, 4) is 0 Å². The molecule has 3 N–H and O–H groups in total. The number of nitrogens with one attached hydrogen (secondary N) is 1. The van der Waals surface area contributed by atoms with Crippen LogP contribution in [0.25, 0.3) is 0 Å². The second kappa shape index (κ2) is 9.82. The first-order valence-corrected chi connectivity index (χ1v) is 7.38. The first-order valence-electron chi connectivity index (χ1n) is 7.38. The van der Waals surface area contributed by atoms with E-state index in [1.807, 2.05) is 18.2 Å². The van der Waals surface area contributed by atoms with E-state index in [1.165, 1.54) is 5.56 Å². The van der Waals surface area contributed by atoms with E-state index in [0.29, 0.717) is 18.1 Å². The molecule has 0 unspecified atom stereocenters. The number of amides is 1. The molecule has 1 aromatic heterocycles. The van der Waals surface area contributed by atoms with Gasteiger partial charge in [0.2, 0.25) is 0 Å². The fourth-order valence-electron chi connectivity index (χ4n) is 2.19. The van der Waals surface area contributed by atoms with Gasteiger partial charge in [0.25, 0.3) is 5.91 Å². The van der Waals surface area contributed by atoms with Gasteiger partial charge in [0, 0.05) is 13.1 Å². The van der Waals surface area contributed by atoms with Gasteiger partial charge in [-0.15, -0.1) is 12.4 Å². The van der Waals surface area contributed by atoms with Crippen molar-refractivity contribution < 1.29 is 4.79 Å². The number of pyridine rings is 1. The number of nitrogen functional groups attached to an aromatic ring is 1. The Morgan fingerprint density at radius 3 is 2.61 bits per heavy atom. The van der Waals surface area contributed by atoms with Gasteiger partial charge in [-0.1, -0.05) is 36.4 Å². The number of carbonyl (C=O) groups is 1. The number of benzene rings is 1. The number of carbonyl (C=O) groups excluding carboxylic acids is 1. The zero-order chi connectivity index (χ0) is 15.8. The summed E-state index contributed by atoms with van der Waals surface area (Å²) in [6.45, 7) is 2.44. The summed E-state index contributed by atoms with van der Waals surface area (Å²) in [7, 11) is 2.08. The SMILES string of the molecule is CN(CCCNC(=O)c1cccc(N)n1)Cc1ccccc1.Cl. The van der Waals surface area contributed by atoms with Gasteiger partial charge in [-0.2, -0.15) is 0 Å². The standard InChI is InChI=1S/C17H22N4O.ClH/c1-21(13-14-7-3-2-4-8-14)12-6-11-19-17(22)15-9-5-10-16(18)20-15;/h2-5,7-10H,6,11-13H2,1H3,(H2,18,20)(H,19,22);1H. The molecule has 1 heterocycles. The van der Waals surface area contributed by atoms with Crippen LogP contribution in [0.4, 0.5) is 5.82 Å². The number of hydrogen-bond donors (Lipinski definition) is 2. The molecule has 0 aliphatic heterocycles. The molecule has 124 valence electrons. The lowest BCUT2D eigenvalue weighted by Gasteiger charge is -2.16. The summed E-state index contributed by atoms with van der Waals surface area (Å²) in [5.41, 5.74) is 7.22. The minimum absolute atomic E-state index is 0. The van der Waals surface area contributed by atoms with E-state index in [-0.39, 0.29) is 18.3 Å². The fourth-order valence-corrected chi connectivity index (χ4v) is 2.19. The van der Waals surface area contributed by atoms with E-state index in [0.717, 1.165) is 19.5 Å². The van der Waals surface area contributed by atoms with Gasteiger partial charge >= 0.3 is 0 Å². The third-order valence-corrected chi connectivity index (χ3v) is 3.30. The van der Waals surface area contributed by atoms with E-state index in [9.17, 15) is 4.79 Å². The lowest BCUT2D eigenvalue weighted by molar-refractivity contribution is 0.0947. The number of nitrogens with two attached hydrogens (primary N) is 1. The molecular formula is C17H23ClN4O. The van der Waals surface area contributed by atoms with Crippen LogP contribution in [0.2, 0.25) is 0 Å². The molecule has 2 rings (SSSR count). The Morgan fingerprint density at radius 1 is 1.17 bits per heavy atom. The van der Waals surface area contributed by atoms with Gasteiger partial charge in [0.1, 0.15) is 11.5 Å². The van der Waals surface area contributed by atoms with Crippen molar-refractivity contribution in [3.05, 3.63) is 59.8 Å². The highest BCUT2D eigenvalue weighted by atomic mass is 35.5. The molecular weight excluding hydrogens is 312 g/mol. The summed E-state index contributed by atoms with van der Waals surface area (Å²) in [4.78, 5) is 18.1. The number of nitrogens with zero attached hydrogens (tertiary/aromatic N) is 2. The van der Waals surface area contributed by atoms with Crippen molar-refractivity contribution >= 4 is 24.1 Å². The van der Waals surface area contributed by atoms with Crippen LogP contribution in [0.15, 0.2) is 48.5 Å². The van der Waals surface area contributed by atoms with Crippen molar-refractivity contribution in [1.29, 1.82) is 0 Å². The zero-order valence-corrected chi connectivity index (χ0v) is 14.1. The second-order valence-corrected chi connectivity index (χ2v) is 5.28. The first kappa shape index (κ1) is 18.9. The van der Waals surface area contributed by atoms with E-state index >= 15 is 0 Å². The molecule has 0 aliphatic rings. The molecule has 0 saturated heterocycles. The lowest BCUT2D eigenvalue weighted by atomic mass is 10.2. The summed E-state index contributed by atoms with van der Waals surface area (Å²) >= 11 is 0. The highest BCUT2D eigenvalue weighted by molar-refractivity contribution is 5.92. The van der Waals surface area contributed by atoms with Gasteiger partial charge in [-0.05, 0) is 37.7 Å². The summed E-state index contributed by atoms with van der Waals surface area (Å²) in [6.07, 6.45) is 0.886. The third kappa shape index (κ3) is 6.67. The third-order valence-electron chi connectivity index (χ3n) is 3.30. The molecule has 0 fully saturated rings. The van der Waals surface area contributed by atoms with Crippen LogP contribution in [-0.4, -0.2) is 35.9 Å². The Hall–Kier alpha value is -2.11. The number of anilines is 1. The average Bonchev–Trinajstić information content (AvgIpc) is 2.52. The van der Waals surface area contributed by atoms with Crippen LogP contribution in [0, 0.1) is 0 Å². The maximum atomic E-state index is 11.9. The topological polar surface area (TPSA) is 71.2 Å². The van der Waals surface area contributed by atoms with Crippen LogP contribution in [0.3, 0.4) is 0 Å². The van der Waals surface area contributed by atoms with Crippen molar-refractivity contribution in [2.75, 3.05) is 25.9 Å². The lowest BCUT2D eigenvalue weighted by Crippen LogP contribution is -2.28. The van der Waals surface area contributed by atoms with Crippen LogP contribution >= 0.6 is 12.4 Å². The molecule has 0 bridgehead atoms. The predicted octanol–water partition coefficient (Wildman–Crippen LogP) is 2.34. The number of aromatic nitrogens is 1. The molecule has 0 saturated carbocycles. The maximum Gasteiger partial charge on any atom is 0.269 e. The molecule has 23 heavy (non-hydrogen) atoms. The summed E-state index contributed by atoms with van der Waals surface area (Å²) in [5.74, 6) is 0.174. The molecule has 1 amide bonds. The molecule has 6 heteroatoms. The van der Waals surface area contributed by atoms with Gasteiger partial charge in [-0.3, -0.25) is 4.79 Å². The van der Waals surface area contributed by atoms with Crippen molar-refractivity contribution in [2.24, 2.45) is 0 Å². The fraction of sp³-hybridized carbons (Fsp3) is 0.294. The van der Waals surface area contributed by atoms with Crippen LogP contribution in [-0.2, 0) is 6.54 Å². The van der Waals surface area contributed by atoms with Gasteiger partial charge in [0.05, 0.1) is 0 Å². The minimum atomic E-state index is -0.182. The minimum Gasteiger partial charge on any atom is -0.384 e. The number of rotatable bonds is 7. The Labute approximate surface area is 143 Å². The molecule has 0 radical (unpaired) electrons. The molecule has 0 aliphatic carbocycles. The highest BCUT2D eigenvalue weighted by Crippen LogP contribution is 2.03. The second-order valence-electron chi connectivity index (χ2n) is 5.28. The Morgan fingerprint density at radius 2 is 1.91 bits per heavy atom. The molecule has 2 aromatic rings. The van der Waals surface area contributed by atoms with Crippen molar-refractivity contribution in [3.63, 3.8) is 0 Å². The van der Waals surface area contributed by atoms with Crippen LogP contribution in [0.1, 0.15) is 22.5 Å². The molecule has 5 nitrogen and oxygen atoms in total. The summed E-state index contributed by atoms with van der Waals surface area (Å²) in [5, 5.41) is 2.86. The maximum absolute atomic E-state index is 11.9. The Bertz CT molecular complexity index is 607. The van der Waals surface area contributed by atoms with Gasteiger partial charge in [0.15, 0.2) is 0 Å². The van der Waals surface area contributed by atoms with Crippen molar-refractivity contribution in [2.45, 2.75) is 13.0 Å². The van der Waals surface area contributed by atoms with Gasteiger partial charge < -0.3 is 16.0 Å². The predicted molar refractivity (Wildman–Crippen MR) is 95.6 cm³/mol. The average molecular weight is 335 g/mol. The quantitative estimate of drug-likeness (QED) is 0.762. The molecule has 0 spiro atoms. The first-order chi connectivity index (χ1) is 10.6. The Balaban J connectivity index is 0.00000264. The van der Waals surface area contributed by atoms with Gasteiger partial charge in [-0.25, -0.2) is 4.98 Å². The molecule has 1 aromatic carbocycles. The van der Waals surface area contributed by atoms with Crippen LogP contribution < -0.4 is 11.1 Å². The highest BCUT2D eigenvalue weighted by Gasteiger charge is 2.06. The van der Waals surface area contributed by atoms with Crippen LogP contribution in [0.5, 0.6) is 0 Å². The smallest absolute Gasteiger partial charge is 0.269 e. The normalized spacial score (nSPS) is 10.2. The van der Waals surface area contributed by atoms with E-state index in [4.69, 9.17) is 5.73 Å². The zero-order valence-electron chi connectivity index (χ0n) is 13.2. The monoisotopic (exact) mass is 334 g/mol.